The molecule has 2 aromatic rings. The Labute approximate surface area is 180 Å². The quantitative estimate of drug-likeness (QED) is 0.366. The molecule has 1 unspecified atom stereocenters. The highest BCUT2D eigenvalue weighted by molar-refractivity contribution is 14.0. The van der Waals surface area contributed by atoms with Crippen molar-refractivity contribution in [2.45, 2.75) is 25.3 Å². The molecule has 0 amide bonds. The molecular weight excluding hydrogens is 485 g/mol. The van der Waals surface area contributed by atoms with E-state index >= 15 is 0 Å². The van der Waals surface area contributed by atoms with E-state index in [1.54, 1.807) is 7.05 Å². The van der Waals surface area contributed by atoms with E-state index in [0.717, 1.165) is 17.3 Å². The number of rotatable bonds is 5. The second-order valence-electron chi connectivity index (χ2n) is 5.83. The lowest BCUT2D eigenvalue weighted by Crippen LogP contribution is -2.46. The van der Waals surface area contributed by atoms with Crippen molar-refractivity contribution in [2.24, 2.45) is 4.99 Å². The molecule has 1 atom stereocenters. The summed E-state index contributed by atoms with van der Waals surface area (Å²) in [4.78, 5) is 8.70. The first kappa shape index (κ1) is 21.3. The van der Waals surface area contributed by atoms with Gasteiger partial charge in [0, 0.05) is 42.4 Å². The van der Waals surface area contributed by atoms with Crippen LogP contribution in [0.3, 0.4) is 0 Å². The van der Waals surface area contributed by atoms with Crippen molar-refractivity contribution >= 4 is 53.3 Å². The van der Waals surface area contributed by atoms with Gasteiger partial charge in [0.15, 0.2) is 5.96 Å². The average molecular weight is 508 g/mol. The van der Waals surface area contributed by atoms with Gasteiger partial charge in [-0.1, -0.05) is 28.9 Å². The number of halogens is 2. The molecule has 3 rings (SSSR count). The zero-order valence-corrected chi connectivity index (χ0v) is 18.5. The van der Waals surface area contributed by atoms with Crippen molar-refractivity contribution in [3.63, 3.8) is 0 Å². The van der Waals surface area contributed by atoms with Crippen molar-refractivity contribution in [1.82, 2.24) is 20.8 Å². The molecule has 0 bridgehead atoms. The van der Waals surface area contributed by atoms with Crippen LogP contribution >= 0.6 is 47.3 Å². The van der Waals surface area contributed by atoms with Crippen LogP contribution < -0.4 is 10.6 Å². The molecule has 0 aliphatic carbocycles. The van der Waals surface area contributed by atoms with E-state index < -0.39 is 0 Å². The normalized spacial score (nSPS) is 17.5. The number of aromatic nitrogens is 2. The third-order valence-corrected chi connectivity index (χ3v) is 5.36. The minimum atomic E-state index is 0. The maximum Gasteiger partial charge on any atom is 0.228 e. The smallest absolute Gasteiger partial charge is 0.228 e. The van der Waals surface area contributed by atoms with Crippen LogP contribution in [-0.2, 0) is 6.42 Å². The summed E-state index contributed by atoms with van der Waals surface area (Å²) in [5, 5.41) is 11.4. The summed E-state index contributed by atoms with van der Waals surface area (Å²) >= 11 is 7.99. The monoisotopic (exact) mass is 507 g/mol. The third kappa shape index (κ3) is 6.31. The first-order chi connectivity index (χ1) is 12.2. The summed E-state index contributed by atoms with van der Waals surface area (Å²) in [6, 6.07) is 7.91. The SMILES string of the molecule is CN=C(NCCc1nc(-c2cccc(Cl)c2)no1)NC1CCCSC1.I. The van der Waals surface area contributed by atoms with Gasteiger partial charge < -0.3 is 15.2 Å². The molecule has 1 fully saturated rings. The molecule has 1 aromatic carbocycles. The van der Waals surface area contributed by atoms with Crippen LogP contribution in [0.15, 0.2) is 33.8 Å². The summed E-state index contributed by atoms with van der Waals surface area (Å²) in [7, 11) is 1.79. The van der Waals surface area contributed by atoms with Gasteiger partial charge in [0.25, 0.3) is 0 Å². The van der Waals surface area contributed by atoms with Gasteiger partial charge >= 0.3 is 0 Å². The minimum Gasteiger partial charge on any atom is -0.356 e. The summed E-state index contributed by atoms with van der Waals surface area (Å²) in [5.41, 5.74) is 0.850. The second-order valence-corrected chi connectivity index (χ2v) is 7.42. The standard InChI is InChI=1S/C17H22ClN5OS.HI/c1-19-17(21-14-6-3-9-25-11-14)20-8-7-15-22-16(23-24-15)12-4-2-5-13(18)10-12;/h2,4-5,10,14H,3,6-9,11H2,1H3,(H2,19,20,21);1H. The summed E-state index contributed by atoms with van der Waals surface area (Å²) < 4.78 is 5.32. The number of nitrogens with zero attached hydrogens (tertiary/aromatic N) is 3. The fraction of sp³-hybridized carbons (Fsp3) is 0.471. The number of thioether (sulfide) groups is 1. The van der Waals surface area contributed by atoms with E-state index in [1.165, 1.54) is 18.6 Å². The molecule has 1 aliphatic heterocycles. The van der Waals surface area contributed by atoms with Crippen LogP contribution in [0.4, 0.5) is 0 Å². The Hall–Kier alpha value is -1.000. The molecular formula is C17H23ClIN5OS. The van der Waals surface area contributed by atoms with Crippen LogP contribution in [0.2, 0.25) is 5.02 Å². The molecule has 26 heavy (non-hydrogen) atoms. The zero-order valence-electron chi connectivity index (χ0n) is 14.6. The van der Waals surface area contributed by atoms with Gasteiger partial charge in [0.05, 0.1) is 0 Å². The summed E-state index contributed by atoms with van der Waals surface area (Å²) in [6.45, 7) is 0.677. The molecule has 0 saturated carbocycles. The lowest BCUT2D eigenvalue weighted by molar-refractivity contribution is 0.378. The van der Waals surface area contributed by atoms with Crippen LogP contribution in [0.1, 0.15) is 18.7 Å². The highest BCUT2D eigenvalue weighted by Crippen LogP contribution is 2.20. The Bertz CT molecular complexity index is 721. The molecule has 2 N–H and O–H groups in total. The molecule has 1 aliphatic rings. The van der Waals surface area contributed by atoms with E-state index in [1.807, 2.05) is 36.0 Å². The predicted octanol–water partition coefficient (Wildman–Crippen LogP) is 3.61. The third-order valence-electron chi connectivity index (χ3n) is 3.91. The first-order valence-electron chi connectivity index (χ1n) is 8.38. The van der Waals surface area contributed by atoms with E-state index in [0.29, 0.717) is 35.7 Å². The van der Waals surface area contributed by atoms with E-state index in [4.69, 9.17) is 16.1 Å². The van der Waals surface area contributed by atoms with Gasteiger partial charge in [0.2, 0.25) is 11.7 Å². The van der Waals surface area contributed by atoms with Crippen LogP contribution in [-0.4, -0.2) is 47.2 Å². The lowest BCUT2D eigenvalue weighted by Gasteiger charge is -2.24. The highest BCUT2D eigenvalue weighted by atomic mass is 127. The van der Waals surface area contributed by atoms with Crippen molar-refractivity contribution in [1.29, 1.82) is 0 Å². The van der Waals surface area contributed by atoms with Crippen LogP contribution in [0, 0.1) is 0 Å². The van der Waals surface area contributed by atoms with Crippen molar-refractivity contribution in [2.75, 3.05) is 25.1 Å². The van der Waals surface area contributed by atoms with E-state index in [9.17, 15) is 0 Å². The average Bonchev–Trinajstić information content (AvgIpc) is 3.11. The van der Waals surface area contributed by atoms with Gasteiger partial charge in [-0.2, -0.15) is 16.7 Å². The van der Waals surface area contributed by atoms with Gasteiger partial charge in [-0.3, -0.25) is 4.99 Å². The minimum absolute atomic E-state index is 0. The summed E-state index contributed by atoms with van der Waals surface area (Å²) in [6.07, 6.45) is 3.08. The van der Waals surface area contributed by atoms with Crippen LogP contribution in [0.5, 0.6) is 0 Å². The van der Waals surface area contributed by atoms with Gasteiger partial charge in [-0.25, -0.2) is 0 Å². The lowest BCUT2D eigenvalue weighted by atomic mass is 10.2. The Morgan fingerprint density at radius 3 is 3.08 bits per heavy atom. The Balaban J connectivity index is 0.00000243. The number of hydrogen-bond acceptors (Lipinski definition) is 5. The number of hydrogen-bond donors (Lipinski definition) is 2. The second kappa shape index (κ2) is 11.0. The molecule has 2 heterocycles. The predicted molar refractivity (Wildman–Crippen MR) is 119 cm³/mol. The van der Waals surface area contributed by atoms with Gasteiger partial charge in [-0.15, -0.1) is 24.0 Å². The highest BCUT2D eigenvalue weighted by Gasteiger charge is 2.15. The molecule has 9 heteroatoms. The fourth-order valence-corrected chi connectivity index (χ4v) is 3.89. The van der Waals surface area contributed by atoms with Gasteiger partial charge in [-0.05, 0) is 30.7 Å². The topological polar surface area (TPSA) is 75.3 Å². The molecule has 0 spiro atoms. The summed E-state index contributed by atoms with van der Waals surface area (Å²) in [5.74, 6) is 4.36. The zero-order chi connectivity index (χ0) is 17.5. The largest absolute Gasteiger partial charge is 0.356 e. The Morgan fingerprint density at radius 2 is 2.35 bits per heavy atom. The van der Waals surface area contributed by atoms with Crippen molar-refractivity contribution in [3.05, 3.63) is 35.2 Å². The number of guanidine groups is 1. The molecule has 1 aromatic heterocycles. The van der Waals surface area contributed by atoms with Crippen LogP contribution in [0.25, 0.3) is 11.4 Å². The number of nitrogens with one attached hydrogen (secondary N) is 2. The maximum absolute atomic E-state index is 6.00. The molecule has 1 saturated heterocycles. The number of aliphatic imine (C=N–C) groups is 1. The Kier molecular flexibility index (Phi) is 9.00. The first-order valence-corrected chi connectivity index (χ1v) is 9.91. The van der Waals surface area contributed by atoms with Crippen molar-refractivity contribution < 1.29 is 4.52 Å². The maximum atomic E-state index is 6.00. The fourth-order valence-electron chi connectivity index (χ4n) is 2.63. The molecule has 6 nitrogen and oxygen atoms in total. The van der Waals surface area contributed by atoms with E-state index in [-0.39, 0.29) is 24.0 Å². The van der Waals surface area contributed by atoms with E-state index in [2.05, 4.69) is 25.8 Å². The Morgan fingerprint density at radius 1 is 1.46 bits per heavy atom. The molecule has 0 radical (unpaired) electrons. The van der Waals surface area contributed by atoms with Crippen molar-refractivity contribution in [3.8, 4) is 11.4 Å². The number of benzene rings is 1. The molecule has 142 valence electrons. The van der Waals surface area contributed by atoms with Gasteiger partial charge in [0.1, 0.15) is 0 Å².